The van der Waals surface area contributed by atoms with Crippen molar-refractivity contribution in [2.75, 3.05) is 25.0 Å². The van der Waals surface area contributed by atoms with Crippen LogP contribution in [-0.4, -0.2) is 51.9 Å². The largest absolute Gasteiger partial charge is 0.356 e. The Morgan fingerprint density at radius 2 is 2.24 bits per heavy atom. The van der Waals surface area contributed by atoms with Crippen molar-refractivity contribution < 1.29 is 4.79 Å². The third-order valence-electron chi connectivity index (χ3n) is 5.82. The Balaban J connectivity index is 1.48. The smallest absolute Gasteiger partial charge is 0.236 e. The van der Waals surface area contributed by atoms with Gasteiger partial charge in [-0.25, -0.2) is 9.97 Å². The topological polar surface area (TPSA) is 88.9 Å². The van der Waals surface area contributed by atoms with Crippen LogP contribution < -0.4 is 4.90 Å². The lowest BCUT2D eigenvalue weighted by Gasteiger charge is -2.37. The van der Waals surface area contributed by atoms with E-state index in [1.54, 1.807) is 6.33 Å². The highest BCUT2D eigenvalue weighted by atomic mass is 16.2. The molecule has 0 aromatic carbocycles. The molecule has 1 amide bonds. The number of nitrogens with zero attached hydrogens (tertiary/aromatic N) is 5. The molecule has 25 heavy (non-hydrogen) atoms. The first kappa shape index (κ1) is 15.9. The molecule has 3 heterocycles. The van der Waals surface area contributed by atoms with Crippen molar-refractivity contribution in [3.05, 3.63) is 18.6 Å². The van der Waals surface area contributed by atoms with Crippen LogP contribution >= 0.6 is 0 Å². The fourth-order valence-electron chi connectivity index (χ4n) is 4.45. The average molecular weight is 338 g/mol. The van der Waals surface area contributed by atoms with Gasteiger partial charge in [0.2, 0.25) is 5.91 Å². The van der Waals surface area contributed by atoms with E-state index in [1.165, 1.54) is 0 Å². The first-order valence-corrected chi connectivity index (χ1v) is 8.83. The minimum absolute atomic E-state index is 0.00478. The number of aromatic amines is 1. The predicted octanol–water partition coefficient (Wildman–Crippen LogP) is 1.93. The Morgan fingerprint density at radius 3 is 3.08 bits per heavy atom. The number of rotatable bonds is 3. The van der Waals surface area contributed by atoms with E-state index in [9.17, 15) is 4.79 Å². The predicted molar refractivity (Wildman–Crippen MR) is 93.7 cm³/mol. The lowest BCUT2D eigenvalue weighted by molar-refractivity contribution is -0.129. The van der Waals surface area contributed by atoms with Crippen molar-refractivity contribution in [1.29, 1.82) is 5.26 Å². The standard InChI is InChI=1S/C18H22N6O/c1-23(18-15-5-7-20-17(15)21-11-22-18)14-3-2-12-9-24(10-13(12)8-14)16(25)4-6-19/h5,7,11-14H,2-4,8-10H2,1H3,(H,20,21,22)/t12-,13+,14?/m0/s1. The van der Waals surface area contributed by atoms with Crippen molar-refractivity contribution in [3.8, 4) is 6.07 Å². The van der Waals surface area contributed by atoms with Crippen molar-refractivity contribution in [3.63, 3.8) is 0 Å². The summed E-state index contributed by atoms with van der Waals surface area (Å²) in [4.78, 5) is 28.1. The molecule has 4 rings (SSSR count). The number of nitriles is 1. The molecule has 2 aromatic rings. The molecule has 1 N–H and O–H groups in total. The number of fused-ring (bicyclic) bond motifs is 2. The van der Waals surface area contributed by atoms with Gasteiger partial charge >= 0.3 is 0 Å². The monoisotopic (exact) mass is 338 g/mol. The highest BCUT2D eigenvalue weighted by Gasteiger charge is 2.40. The van der Waals surface area contributed by atoms with Gasteiger partial charge in [0.1, 0.15) is 24.2 Å². The van der Waals surface area contributed by atoms with Crippen molar-refractivity contribution >= 4 is 22.8 Å². The second-order valence-electron chi connectivity index (χ2n) is 7.17. The van der Waals surface area contributed by atoms with Crippen molar-refractivity contribution in [2.45, 2.75) is 31.7 Å². The molecule has 2 aromatic heterocycles. The quantitative estimate of drug-likeness (QED) is 0.924. The van der Waals surface area contributed by atoms with Crippen molar-refractivity contribution in [2.24, 2.45) is 11.8 Å². The number of anilines is 1. The van der Waals surface area contributed by atoms with E-state index in [4.69, 9.17) is 5.26 Å². The summed E-state index contributed by atoms with van der Waals surface area (Å²) in [5.41, 5.74) is 0.861. The summed E-state index contributed by atoms with van der Waals surface area (Å²) in [6.07, 6.45) is 6.78. The van der Waals surface area contributed by atoms with Crippen LogP contribution in [0.25, 0.3) is 11.0 Å². The van der Waals surface area contributed by atoms with E-state index in [2.05, 4.69) is 26.9 Å². The summed E-state index contributed by atoms with van der Waals surface area (Å²) in [6.45, 7) is 1.61. The van der Waals surface area contributed by atoms with Gasteiger partial charge < -0.3 is 14.8 Å². The molecule has 7 heteroatoms. The van der Waals surface area contributed by atoms with E-state index in [1.807, 2.05) is 23.2 Å². The lowest BCUT2D eigenvalue weighted by Crippen LogP contribution is -2.39. The molecule has 3 atom stereocenters. The Kier molecular flexibility index (Phi) is 4.04. The maximum Gasteiger partial charge on any atom is 0.236 e. The minimum Gasteiger partial charge on any atom is -0.356 e. The number of likely N-dealkylation sites (tertiary alicyclic amines) is 1. The third-order valence-corrected chi connectivity index (χ3v) is 5.82. The van der Waals surface area contributed by atoms with E-state index in [0.29, 0.717) is 17.9 Å². The van der Waals surface area contributed by atoms with Crippen LogP contribution in [-0.2, 0) is 4.79 Å². The van der Waals surface area contributed by atoms with Crippen LogP contribution in [0.15, 0.2) is 18.6 Å². The summed E-state index contributed by atoms with van der Waals surface area (Å²) in [5, 5.41) is 9.79. The fraction of sp³-hybridized carbons (Fsp3) is 0.556. The van der Waals surface area contributed by atoms with Crippen LogP contribution in [0.5, 0.6) is 0 Å². The Morgan fingerprint density at radius 1 is 1.40 bits per heavy atom. The Labute approximate surface area is 146 Å². The molecule has 1 saturated carbocycles. The SMILES string of the molecule is CN(c1ncnc2[nH]ccc12)C1CC[C@H]2CN(C(=O)CC#N)C[C@H]2C1. The highest BCUT2D eigenvalue weighted by Crippen LogP contribution is 2.39. The molecular formula is C18H22N6O. The van der Waals surface area contributed by atoms with E-state index in [-0.39, 0.29) is 12.3 Å². The molecule has 130 valence electrons. The molecule has 1 aliphatic carbocycles. The molecule has 0 spiro atoms. The van der Waals surface area contributed by atoms with E-state index >= 15 is 0 Å². The minimum atomic E-state index is -0.0216. The second kappa shape index (κ2) is 6.36. The van der Waals surface area contributed by atoms with Crippen LogP contribution in [0.1, 0.15) is 25.7 Å². The molecule has 7 nitrogen and oxygen atoms in total. The number of nitrogens with one attached hydrogen (secondary N) is 1. The maximum atomic E-state index is 12.0. The van der Waals surface area contributed by atoms with E-state index < -0.39 is 0 Å². The Bertz CT molecular complexity index is 824. The van der Waals surface area contributed by atoms with Crippen LogP contribution in [0, 0.1) is 23.2 Å². The highest BCUT2D eigenvalue weighted by molar-refractivity contribution is 5.87. The number of carbonyl (C=O) groups excluding carboxylic acids is 1. The zero-order chi connectivity index (χ0) is 17.4. The van der Waals surface area contributed by atoms with Gasteiger partial charge in [-0.1, -0.05) is 0 Å². The second-order valence-corrected chi connectivity index (χ2v) is 7.17. The first-order valence-electron chi connectivity index (χ1n) is 8.83. The molecular weight excluding hydrogens is 316 g/mol. The van der Waals surface area contributed by atoms with Crippen molar-refractivity contribution in [1.82, 2.24) is 19.9 Å². The van der Waals surface area contributed by atoms with Gasteiger partial charge in [0.25, 0.3) is 0 Å². The van der Waals surface area contributed by atoms with E-state index in [0.717, 1.165) is 49.2 Å². The van der Waals surface area contributed by atoms with Gasteiger partial charge in [-0.2, -0.15) is 5.26 Å². The molecule has 1 unspecified atom stereocenters. The molecule has 0 bridgehead atoms. The van der Waals surface area contributed by atoms with Gasteiger partial charge in [-0.15, -0.1) is 0 Å². The number of hydrogen-bond donors (Lipinski definition) is 1. The number of H-pyrrole nitrogens is 1. The summed E-state index contributed by atoms with van der Waals surface area (Å²) >= 11 is 0. The molecule has 2 fully saturated rings. The maximum absolute atomic E-state index is 12.0. The Hall–Kier alpha value is -2.62. The number of amides is 1. The fourth-order valence-corrected chi connectivity index (χ4v) is 4.45. The van der Waals surface area contributed by atoms with Gasteiger partial charge in [0.15, 0.2) is 0 Å². The lowest BCUT2D eigenvalue weighted by atomic mass is 9.78. The summed E-state index contributed by atoms with van der Waals surface area (Å²) in [5.74, 6) is 2.04. The zero-order valence-electron chi connectivity index (χ0n) is 14.4. The van der Waals surface area contributed by atoms with Gasteiger partial charge in [-0.05, 0) is 37.2 Å². The molecule has 1 aliphatic heterocycles. The third kappa shape index (κ3) is 2.82. The van der Waals surface area contributed by atoms with Gasteiger partial charge in [0.05, 0.1) is 11.5 Å². The van der Waals surface area contributed by atoms with Gasteiger partial charge in [-0.3, -0.25) is 4.79 Å². The summed E-state index contributed by atoms with van der Waals surface area (Å²) < 4.78 is 0. The summed E-state index contributed by atoms with van der Waals surface area (Å²) in [7, 11) is 2.10. The first-order chi connectivity index (χ1) is 12.2. The normalized spacial score (nSPS) is 25.6. The average Bonchev–Trinajstić information content (AvgIpc) is 3.26. The molecule has 1 saturated heterocycles. The van der Waals surface area contributed by atoms with Crippen LogP contribution in [0.4, 0.5) is 5.82 Å². The molecule has 0 radical (unpaired) electrons. The van der Waals surface area contributed by atoms with Gasteiger partial charge in [0, 0.05) is 32.4 Å². The number of aromatic nitrogens is 3. The van der Waals surface area contributed by atoms with Crippen LogP contribution in [0.2, 0.25) is 0 Å². The number of carbonyl (C=O) groups is 1. The molecule has 2 aliphatic rings. The zero-order valence-corrected chi connectivity index (χ0v) is 14.4. The summed E-state index contributed by atoms with van der Waals surface area (Å²) in [6, 6.07) is 4.41. The van der Waals surface area contributed by atoms with Crippen LogP contribution in [0.3, 0.4) is 0 Å². The number of hydrogen-bond acceptors (Lipinski definition) is 5.